The molecule has 0 aromatic carbocycles. The maximum Gasteiger partial charge on any atom is 0.0361 e. The van der Waals surface area contributed by atoms with Crippen LogP contribution in [-0.4, -0.2) is 54.1 Å². The smallest absolute Gasteiger partial charge is 0.0361 e. The summed E-state index contributed by atoms with van der Waals surface area (Å²) >= 11 is 0. The maximum atomic E-state index is 6.27. The van der Waals surface area contributed by atoms with Gasteiger partial charge in [0.1, 0.15) is 0 Å². The van der Waals surface area contributed by atoms with Crippen LogP contribution in [0.25, 0.3) is 0 Å². The molecule has 3 nitrogen and oxygen atoms in total. The molecular formula is C16H33N3. The standard InChI is InChI=1S/C16H33N3/c1-4-19(15-8-6-5-7-9-15)16(13-17)10-11-18(3)14(2)12-16/h14-15H,4-13,17H2,1-3H3. The second-order valence-corrected chi connectivity index (χ2v) is 6.79. The van der Waals surface area contributed by atoms with Crippen LogP contribution in [0.3, 0.4) is 0 Å². The van der Waals surface area contributed by atoms with E-state index in [1.807, 2.05) is 0 Å². The van der Waals surface area contributed by atoms with Crippen LogP contribution >= 0.6 is 0 Å². The number of hydrogen-bond acceptors (Lipinski definition) is 3. The third kappa shape index (κ3) is 3.14. The van der Waals surface area contributed by atoms with Gasteiger partial charge in [0.05, 0.1) is 0 Å². The summed E-state index contributed by atoms with van der Waals surface area (Å²) in [5.74, 6) is 0. The summed E-state index contributed by atoms with van der Waals surface area (Å²) in [6.07, 6.45) is 9.52. The highest BCUT2D eigenvalue weighted by atomic mass is 15.3. The third-order valence-corrected chi connectivity index (χ3v) is 5.70. The number of piperidine rings is 1. The SMILES string of the molecule is CCN(C1CCCCC1)C1(CN)CCN(C)C(C)C1. The molecule has 19 heavy (non-hydrogen) atoms. The van der Waals surface area contributed by atoms with Crippen molar-refractivity contribution >= 4 is 0 Å². The highest BCUT2D eigenvalue weighted by molar-refractivity contribution is 5.00. The summed E-state index contributed by atoms with van der Waals surface area (Å²) in [5.41, 5.74) is 6.54. The second-order valence-electron chi connectivity index (χ2n) is 6.79. The highest BCUT2D eigenvalue weighted by Crippen LogP contribution is 2.36. The van der Waals surface area contributed by atoms with E-state index in [4.69, 9.17) is 5.73 Å². The Morgan fingerprint density at radius 3 is 2.47 bits per heavy atom. The molecule has 3 heteroatoms. The van der Waals surface area contributed by atoms with Gasteiger partial charge in [0.15, 0.2) is 0 Å². The van der Waals surface area contributed by atoms with E-state index in [-0.39, 0.29) is 5.54 Å². The molecule has 1 heterocycles. The Hall–Kier alpha value is -0.120. The molecule has 2 atom stereocenters. The van der Waals surface area contributed by atoms with Crippen molar-refractivity contribution < 1.29 is 0 Å². The first-order valence-corrected chi connectivity index (χ1v) is 8.30. The van der Waals surface area contributed by atoms with Gasteiger partial charge in [-0.3, -0.25) is 4.90 Å². The molecule has 112 valence electrons. The Labute approximate surface area is 119 Å². The topological polar surface area (TPSA) is 32.5 Å². The molecule has 2 unspecified atom stereocenters. The van der Waals surface area contributed by atoms with Crippen LogP contribution < -0.4 is 5.73 Å². The van der Waals surface area contributed by atoms with E-state index in [9.17, 15) is 0 Å². The molecule has 1 saturated carbocycles. The van der Waals surface area contributed by atoms with Crippen molar-refractivity contribution in [2.24, 2.45) is 5.73 Å². The summed E-state index contributed by atoms with van der Waals surface area (Å²) in [7, 11) is 2.25. The Balaban J connectivity index is 2.12. The quantitative estimate of drug-likeness (QED) is 0.849. The van der Waals surface area contributed by atoms with Gasteiger partial charge in [0.25, 0.3) is 0 Å². The van der Waals surface area contributed by atoms with Gasteiger partial charge in [0.2, 0.25) is 0 Å². The molecule has 0 radical (unpaired) electrons. The number of nitrogens with two attached hydrogens (primary N) is 1. The zero-order chi connectivity index (χ0) is 13.9. The number of rotatable bonds is 4. The van der Waals surface area contributed by atoms with Gasteiger partial charge in [-0.2, -0.15) is 0 Å². The van der Waals surface area contributed by atoms with Crippen LogP contribution in [0.1, 0.15) is 58.8 Å². The van der Waals surface area contributed by atoms with E-state index in [0.29, 0.717) is 6.04 Å². The molecule has 0 amide bonds. The highest BCUT2D eigenvalue weighted by Gasteiger charge is 2.42. The zero-order valence-corrected chi connectivity index (χ0v) is 13.2. The van der Waals surface area contributed by atoms with E-state index in [0.717, 1.165) is 19.1 Å². The van der Waals surface area contributed by atoms with Crippen molar-refractivity contribution in [3.05, 3.63) is 0 Å². The molecule has 1 saturated heterocycles. The second kappa shape index (κ2) is 6.55. The first-order valence-electron chi connectivity index (χ1n) is 8.30. The zero-order valence-electron chi connectivity index (χ0n) is 13.2. The van der Waals surface area contributed by atoms with Crippen molar-refractivity contribution in [3.63, 3.8) is 0 Å². The minimum absolute atomic E-state index is 0.267. The molecule has 0 bridgehead atoms. The molecular weight excluding hydrogens is 234 g/mol. The van der Waals surface area contributed by atoms with Crippen molar-refractivity contribution in [1.82, 2.24) is 9.80 Å². The maximum absolute atomic E-state index is 6.27. The van der Waals surface area contributed by atoms with Gasteiger partial charge in [0, 0.05) is 24.2 Å². The van der Waals surface area contributed by atoms with Gasteiger partial charge in [-0.15, -0.1) is 0 Å². The molecule has 0 aromatic heterocycles. The van der Waals surface area contributed by atoms with Gasteiger partial charge < -0.3 is 10.6 Å². The van der Waals surface area contributed by atoms with Gasteiger partial charge in [-0.1, -0.05) is 26.2 Å². The largest absolute Gasteiger partial charge is 0.329 e. The average molecular weight is 267 g/mol. The monoisotopic (exact) mass is 267 g/mol. The first-order chi connectivity index (χ1) is 9.13. The Bertz CT molecular complexity index is 275. The Morgan fingerprint density at radius 1 is 1.26 bits per heavy atom. The molecule has 2 rings (SSSR count). The van der Waals surface area contributed by atoms with Crippen molar-refractivity contribution in [1.29, 1.82) is 0 Å². The van der Waals surface area contributed by atoms with Crippen molar-refractivity contribution in [2.75, 3.05) is 26.7 Å². The molecule has 2 fully saturated rings. The fourth-order valence-corrected chi connectivity index (χ4v) is 4.35. The van der Waals surface area contributed by atoms with Crippen LogP contribution in [0.4, 0.5) is 0 Å². The Morgan fingerprint density at radius 2 is 1.95 bits per heavy atom. The minimum atomic E-state index is 0.267. The van der Waals surface area contributed by atoms with E-state index in [1.54, 1.807) is 0 Å². The number of likely N-dealkylation sites (tertiary alicyclic amines) is 1. The van der Waals surface area contributed by atoms with Gasteiger partial charge in [-0.25, -0.2) is 0 Å². The number of likely N-dealkylation sites (N-methyl/N-ethyl adjacent to an activating group) is 1. The lowest BCUT2D eigenvalue weighted by molar-refractivity contribution is -0.0227. The predicted octanol–water partition coefficient (Wildman–Crippen LogP) is 2.45. The fraction of sp³-hybridized carbons (Fsp3) is 1.00. The van der Waals surface area contributed by atoms with Crippen molar-refractivity contribution in [3.8, 4) is 0 Å². The average Bonchev–Trinajstić information content (AvgIpc) is 2.45. The molecule has 2 aliphatic rings. The summed E-state index contributed by atoms with van der Waals surface area (Å²) in [5, 5.41) is 0. The minimum Gasteiger partial charge on any atom is -0.329 e. The van der Waals surface area contributed by atoms with Crippen molar-refractivity contribution in [2.45, 2.75) is 76.4 Å². The van der Waals surface area contributed by atoms with Gasteiger partial charge in [-0.05, 0) is 52.7 Å². The summed E-state index contributed by atoms with van der Waals surface area (Å²) in [6.45, 7) is 7.88. The summed E-state index contributed by atoms with van der Waals surface area (Å²) in [6, 6.07) is 1.45. The predicted molar refractivity (Wildman–Crippen MR) is 82.4 cm³/mol. The Kier molecular flexibility index (Phi) is 5.27. The van der Waals surface area contributed by atoms with Crippen LogP contribution in [0, 0.1) is 0 Å². The number of nitrogens with zero attached hydrogens (tertiary/aromatic N) is 2. The first kappa shape index (κ1) is 15.3. The fourth-order valence-electron chi connectivity index (χ4n) is 4.35. The summed E-state index contributed by atoms with van der Waals surface area (Å²) < 4.78 is 0. The molecule has 0 spiro atoms. The van der Waals surface area contributed by atoms with Gasteiger partial charge >= 0.3 is 0 Å². The van der Waals surface area contributed by atoms with E-state index in [2.05, 4.69) is 30.7 Å². The lowest BCUT2D eigenvalue weighted by Crippen LogP contribution is -2.63. The lowest BCUT2D eigenvalue weighted by atomic mass is 9.79. The molecule has 1 aliphatic carbocycles. The molecule has 2 N–H and O–H groups in total. The van der Waals surface area contributed by atoms with Crippen LogP contribution in [0.5, 0.6) is 0 Å². The number of hydrogen-bond donors (Lipinski definition) is 1. The molecule has 0 aromatic rings. The van der Waals surface area contributed by atoms with Crippen LogP contribution in [0.15, 0.2) is 0 Å². The lowest BCUT2D eigenvalue weighted by Gasteiger charge is -2.53. The van der Waals surface area contributed by atoms with E-state index >= 15 is 0 Å². The normalized spacial score (nSPS) is 34.9. The van der Waals surface area contributed by atoms with Crippen LogP contribution in [0.2, 0.25) is 0 Å². The third-order valence-electron chi connectivity index (χ3n) is 5.70. The van der Waals surface area contributed by atoms with E-state index < -0.39 is 0 Å². The van der Waals surface area contributed by atoms with E-state index in [1.165, 1.54) is 51.5 Å². The molecule has 1 aliphatic heterocycles. The van der Waals surface area contributed by atoms with Crippen LogP contribution in [-0.2, 0) is 0 Å². The summed E-state index contributed by atoms with van der Waals surface area (Å²) in [4.78, 5) is 5.28.